The third kappa shape index (κ3) is 3.63. The SMILES string of the molecule is C#CCCCn1ccc2cccc(CNCCOC)c21. The molecule has 0 spiro atoms. The fourth-order valence-electron chi connectivity index (χ4n) is 2.42. The lowest BCUT2D eigenvalue weighted by molar-refractivity contribution is 0.199. The van der Waals surface area contributed by atoms with Gasteiger partial charge in [-0.1, -0.05) is 18.2 Å². The topological polar surface area (TPSA) is 26.2 Å². The van der Waals surface area contributed by atoms with Crippen molar-refractivity contribution in [3.63, 3.8) is 0 Å². The van der Waals surface area contributed by atoms with E-state index in [9.17, 15) is 0 Å². The van der Waals surface area contributed by atoms with E-state index in [1.807, 2.05) is 0 Å². The number of fused-ring (bicyclic) bond motifs is 1. The first kappa shape index (κ1) is 14.6. The number of rotatable bonds is 8. The molecule has 0 amide bonds. The van der Waals surface area contributed by atoms with Gasteiger partial charge in [-0.3, -0.25) is 0 Å². The van der Waals surface area contributed by atoms with Crippen molar-refractivity contribution in [3.05, 3.63) is 36.0 Å². The number of nitrogens with one attached hydrogen (secondary N) is 1. The highest BCUT2D eigenvalue weighted by Crippen LogP contribution is 2.21. The number of terminal acetylenes is 1. The summed E-state index contributed by atoms with van der Waals surface area (Å²) in [5.41, 5.74) is 2.64. The first-order valence-electron chi connectivity index (χ1n) is 7.06. The van der Waals surface area contributed by atoms with Gasteiger partial charge < -0.3 is 14.6 Å². The number of nitrogens with zero attached hydrogens (tertiary/aromatic N) is 1. The summed E-state index contributed by atoms with van der Waals surface area (Å²) in [6, 6.07) is 8.62. The van der Waals surface area contributed by atoms with Crippen LogP contribution in [-0.2, 0) is 17.8 Å². The van der Waals surface area contributed by atoms with Gasteiger partial charge in [-0.15, -0.1) is 12.3 Å². The number of para-hydroxylation sites is 1. The summed E-state index contributed by atoms with van der Waals surface area (Å²) < 4.78 is 7.36. The van der Waals surface area contributed by atoms with Gasteiger partial charge in [-0.25, -0.2) is 0 Å². The zero-order valence-electron chi connectivity index (χ0n) is 12.1. The van der Waals surface area contributed by atoms with E-state index in [2.05, 4.69) is 46.3 Å². The number of unbranched alkanes of at least 4 members (excludes halogenated alkanes) is 1. The Bertz CT molecular complexity index is 580. The molecule has 1 N–H and O–H groups in total. The van der Waals surface area contributed by atoms with Crippen molar-refractivity contribution in [3.8, 4) is 12.3 Å². The summed E-state index contributed by atoms with van der Waals surface area (Å²) in [6.07, 6.45) is 9.32. The lowest BCUT2D eigenvalue weighted by atomic mass is 10.1. The van der Waals surface area contributed by atoms with Crippen LogP contribution in [0.2, 0.25) is 0 Å². The molecule has 0 aliphatic carbocycles. The molecule has 1 aromatic heterocycles. The van der Waals surface area contributed by atoms with Crippen LogP contribution in [0.3, 0.4) is 0 Å². The molecule has 0 saturated heterocycles. The van der Waals surface area contributed by atoms with Gasteiger partial charge in [-0.05, 0) is 23.4 Å². The highest BCUT2D eigenvalue weighted by atomic mass is 16.5. The average Bonchev–Trinajstić information content (AvgIpc) is 2.88. The largest absolute Gasteiger partial charge is 0.383 e. The predicted molar refractivity (Wildman–Crippen MR) is 83.6 cm³/mol. The van der Waals surface area contributed by atoms with Crippen LogP contribution in [0.25, 0.3) is 10.9 Å². The Balaban J connectivity index is 2.12. The number of aryl methyl sites for hydroxylation is 1. The van der Waals surface area contributed by atoms with E-state index in [0.29, 0.717) is 0 Å². The third-order valence-corrected chi connectivity index (χ3v) is 3.39. The van der Waals surface area contributed by atoms with Crippen LogP contribution in [0, 0.1) is 12.3 Å². The summed E-state index contributed by atoms with van der Waals surface area (Å²) in [5, 5.41) is 4.70. The van der Waals surface area contributed by atoms with E-state index in [1.165, 1.54) is 16.5 Å². The molecule has 0 radical (unpaired) electrons. The third-order valence-electron chi connectivity index (χ3n) is 3.39. The maximum atomic E-state index is 5.32. The highest BCUT2D eigenvalue weighted by molar-refractivity contribution is 5.83. The Morgan fingerprint density at radius 1 is 1.35 bits per heavy atom. The van der Waals surface area contributed by atoms with E-state index in [1.54, 1.807) is 7.11 Å². The van der Waals surface area contributed by atoms with Crippen molar-refractivity contribution in [2.24, 2.45) is 0 Å². The summed E-state index contributed by atoms with van der Waals surface area (Å²) in [7, 11) is 1.72. The van der Waals surface area contributed by atoms with Crippen molar-refractivity contribution >= 4 is 10.9 Å². The molecule has 1 aromatic carbocycles. The molecule has 20 heavy (non-hydrogen) atoms. The standard InChI is InChI=1S/C17H22N2O/c1-3-4-5-11-19-12-9-15-7-6-8-16(17(15)19)14-18-10-13-20-2/h1,6-9,12,18H,4-5,10-11,13-14H2,2H3. The Morgan fingerprint density at radius 3 is 3.05 bits per heavy atom. The Hall–Kier alpha value is -1.76. The van der Waals surface area contributed by atoms with Gasteiger partial charge in [-0.2, -0.15) is 0 Å². The quantitative estimate of drug-likeness (QED) is 0.589. The molecule has 0 aliphatic rings. The lowest BCUT2D eigenvalue weighted by Gasteiger charge is -2.10. The molecule has 2 aromatic rings. The van der Waals surface area contributed by atoms with Crippen LogP contribution in [0.4, 0.5) is 0 Å². The molecule has 106 valence electrons. The van der Waals surface area contributed by atoms with Crippen LogP contribution in [0.15, 0.2) is 30.5 Å². The van der Waals surface area contributed by atoms with Gasteiger partial charge >= 0.3 is 0 Å². The van der Waals surface area contributed by atoms with Crippen molar-refractivity contribution in [1.82, 2.24) is 9.88 Å². The summed E-state index contributed by atoms with van der Waals surface area (Å²) in [4.78, 5) is 0. The summed E-state index contributed by atoms with van der Waals surface area (Å²) in [6.45, 7) is 3.44. The zero-order valence-corrected chi connectivity index (χ0v) is 12.1. The molecule has 2 rings (SSSR count). The normalized spacial score (nSPS) is 10.8. The monoisotopic (exact) mass is 270 g/mol. The van der Waals surface area contributed by atoms with Gasteiger partial charge in [0.2, 0.25) is 0 Å². The molecule has 3 nitrogen and oxygen atoms in total. The number of ether oxygens (including phenoxy) is 1. The van der Waals surface area contributed by atoms with Gasteiger partial charge in [0.25, 0.3) is 0 Å². The maximum absolute atomic E-state index is 5.32. The molecule has 3 heteroatoms. The van der Waals surface area contributed by atoms with E-state index in [4.69, 9.17) is 11.2 Å². The Morgan fingerprint density at radius 2 is 2.25 bits per heavy atom. The second-order valence-electron chi connectivity index (χ2n) is 4.84. The zero-order chi connectivity index (χ0) is 14.2. The molecular formula is C17H22N2O. The van der Waals surface area contributed by atoms with E-state index < -0.39 is 0 Å². The van der Waals surface area contributed by atoms with Crippen molar-refractivity contribution in [2.75, 3.05) is 20.3 Å². The number of methoxy groups -OCH3 is 1. The van der Waals surface area contributed by atoms with Crippen LogP contribution in [0.1, 0.15) is 18.4 Å². The first-order valence-corrected chi connectivity index (χ1v) is 7.06. The average molecular weight is 270 g/mol. The minimum Gasteiger partial charge on any atom is -0.383 e. The Labute approximate surface area is 120 Å². The van der Waals surface area contributed by atoms with Crippen molar-refractivity contribution in [1.29, 1.82) is 0 Å². The second kappa shape index (κ2) is 7.74. The molecule has 0 saturated carbocycles. The smallest absolute Gasteiger partial charge is 0.0587 e. The maximum Gasteiger partial charge on any atom is 0.0587 e. The number of benzene rings is 1. The van der Waals surface area contributed by atoms with E-state index in [0.717, 1.165) is 39.1 Å². The van der Waals surface area contributed by atoms with Crippen LogP contribution < -0.4 is 5.32 Å². The summed E-state index contributed by atoms with van der Waals surface area (Å²) in [5.74, 6) is 2.70. The van der Waals surface area contributed by atoms with Gasteiger partial charge in [0.15, 0.2) is 0 Å². The fourth-order valence-corrected chi connectivity index (χ4v) is 2.42. The van der Waals surface area contributed by atoms with Crippen LogP contribution in [-0.4, -0.2) is 24.8 Å². The number of hydrogen-bond acceptors (Lipinski definition) is 2. The highest BCUT2D eigenvalue weighted by Gasteiger charge is 2.06. The van der Waals surface area contributed by atoms with Gasteiger partial charge in [0, 0.05) is 39.4 Å². The minimum absolute atomic E-state index is 0.735. The lowest BCUT2D eigenvalue weighted by Crippen LogP contribution is -2.19. The minimum atomic E-state index is 0.735. The van der Waals surface area contributed by atoms with Crippen LogP contribution in [0.5, 0.6) is 0 Å². The molecule has 0 aliphatic heterocycles. The molecule has 0 atom stereocenters. The number of aromatic nitrogens is 1. The fraction of sp³-hybridized carbons (Fsp3) is 0.412. The number of hydrogen-bond donors (Lipinski definition) is 1. The Kier molecular flexibility index (Phi) is 5.67. The first-order chi connectivity index (χ1) is 9.86. The molecule has 0 unspecified atom stereocenters. The molecule has 0 bridgehead atoms. The van der Waals surface area contributed by atoms with E-state index in [-0.39, 0.29) is 0 Å². The van der Waals surface area contributed by atoms with Crippen LogP contribution >= 0.6 is 0 Å². The van der Waals surface area contributed by atoms with E-state index >= 15 is 0 Å². The summed E-state index contributed by atoms with van der Waals surface area (Å²) >= 11 is 0. The molecular weight excluding hydrogens is 248 g/mol. The predicted octanol–water partition coefficient (Wildman–Crippen LogP) is 2.79. The van der Waals surface area contributed by atoms with Gasteiger partial charge in [0.05, 0.1) is 12.1 Å². The second-order valence-corrected chi connectivity index (χ2v) is 4.84. The van der Waals surface area contributed by atoms with Crippen molar-refractivity contribution < 1.29 is 4.74 Å². The molecule has 0 fully saturated rings. The van der Waals surface area contributed by atoms with Crippen molar-refractivity contribution in [2.45, 2.75) is 25.9 Å². The molecule has 1 heterocycles. The van der Waals surface area contributed by atoms with Gasteiger partial charge in [0.1, 0.15) is 0 Å².